The van der Waals surface area contributed by atoms with E-state index in [1.165, 1.54) is 24.3 Å². The molecule has 9 heteroatoms. The van der Waals surface area contributed by atoms with Gasteiger partial charge in [-0.05, 0) is 48.9 Å². The Morgan fingerprint density at radius 1 is 1.04 bits per heavy atom. The van der Waals surface area contributed by atoms with Crippen LogP contribution < -0.4 is 9.08 Å². The first-order chi connectivity index (χ1) is 12.2. The zero-order valence-corrected chi connectivity index (χ0v) is 14.2. The van der Waals surface area contributed by atoms with E-state index in [0.29, 0.717) is 24.7 Å². The number of carbonyl (C=O) groups excluding carboxylic acids is 1. The van der Waals surface area contributed by atoms with E-state index >= 15 is 0 Å². The lowest BCUT2D eigenvalue weighted by Crippen LogP contribution is -2.23. The largest absolute Gasteiger partial charge is 0.416 e. The SMILES string of the molecule is O=C1CCCN1c1ccc(S(=O)(=O)Oc2cccc(C(F)(F)F)c2)cc1. The Morgan fingerprint density at radius 3 is 2.31 bits per heavy atom. The average molecular weight is 385 g/mol. The van der Waals surface area contributed by atoms with Gasteiger partial charge in [0.1, 0.15) is 10.6 Å². The molecule has 5 nitrogen and oxygen atoms in total. The van der Waals surface area contributed by atoms with Gasteiger partial charge in [-0.3, -0.25) is 4.79 Å². The molecule has 0 saturated carbocycles. The Balaban J connectivity index is 1.81. The van der Waals surface area contributed by atoms with Gasteiger partial charge < -0.3 is 9.08 Å². The summed E-state index contributed by atoms with van der Waals surface area (Å²) in [6, 6.07) is 9.07. The zero-order valence-electron chi connectivity index (χ0n) is 13.4. The summed E-state index contributed by atoms with van der Waals surface area (Å²) in [5.41, 5.74) is -0.446. The number of rotatable bonds is 4. The molecule has 2 aromatic rings. The maximum absolute atomic E-state index is 12.7. The normalized spacial score (nSPS) is 15.3. The smallest absolute Gasteiger partial charge is 0.379 e. The van der Waals surface area contributed by atoms with Crippen LogP contribution in [0.2, 0.25) is 0 Å². The number of anilines is 1. The van der Waals surface area contributed by atoms with Crippen LogP contribution in [-0.2, 0) is 21.1 Å². The maximum atomic E-state index is 12.7. The van der Waals surface area contributed by atoms with Crippen molar-refractivity contribution in [2.45, 2.75) is 23.9 Å². The third-order valence-corrected chi connectivity index (χ3v) is 5.14. The molecule has 1 aliphatic heterocycles. The second-order valence-electron chi connectivity index (χ2n) is 5.71. The van der Waals surface area contributed by atoms with E-state index in [0.717, 1.165) is 24.6 Å². The Bertz CT molecular complexity index is 924. The van der Waals surface area contributed by atoms with Crippen LogP contribution in [0.5, 0.6) is 5.75 Å². The van der Waals surface area contributed by atoms with Gasteiger partial charge in [-0.2, -0.15) is 21.6 Å². The van der Waals surface area contributed by atoms with Gasteiger partial charge in [0, 0.05) is 18.7 Å². The van der Waals surface area contributed by atoms with Crippen LogP contribution in [0.25, 0.3) is 0 Å². The highest BCUT2D eigenvalue weighted by atomic mass is 32.2. The van der Waals surface area contributed by atoms with Gasteiger partial charge in [-0.1, -0.05) is 6.07 Å². The molecule has 0 N–H and O–H groups in total. The van der Waals surface area contributed by atoms with Crippen LogP contribution in [0, 0.1) is 0 Å². The van der Waals surface area contributed by atoms with Crippen molar-refractivity contribution >= 4 is 21.7 Å². The summed E-state index contributed by atoms with van der Waals surface area (Å²) in [5.74, 6) is -0.473. The van der Waals surface area contributed by atoms with E-state index in [4.69, 9.17) is 4.18 Å². The zero-order chi connectivity index (χ0) is 18.9. The standard InChI is InChI=1S/C17H14F3NO4S/c18-17(19,20)12-3-1-4-14(11-12)25-26(23,24)15-8-6-13(7-9-15)21-10-2-5-16(21)22/h1,3-4,6-9,11H,2,5,10H2. The highest BCUT2D eigenvalue weighted by Gasteiger charge is 2.31. The maximum Gasteiger partial charge on any atom is 0.416 e. The molecule has 0 spiro atoms. The molecule has 1 aliphatic rings. The molecule has 0 atom stereocenters. The summed E-state index contributed by atoms with van der Waals surface area (Å²) in [6.07, 6.45) is -3.43. The molecule has 1 saturated heterocycles. The summed E-state index contributed by atoms with van der Waals surface area (Å²) in [7, 11) is -4.30. The van der Waals surface area contributed by atoms with Crippen LogP contribution in [0.1, 0.15) is 18.4 Å². The molecule has 2 aromatic carbocycles. The summed E-state index contributed by atoms with van der Waals surface area (Å²) in [5, 5.41) is 0. The van der Waals surface area contributed by atoms with Crippen molar-refractivity contribution in [2.24, 2.45) is 0 Å². The molecule has 26 heavy (non-hydrogen) atoms. The van der Waals surface area contributed by atoms with Gasteiger partial charge in [0.25, 0.3) is 0 Å². The second kappa shape index (κ2) is 6.64. The van der Waals surface area contributed by atoms with Crippen LogP contribution in [0.4, 0.5) is 18.9 Å². The molecular formula is C17H14F3NO4S. The quantitative estimate of drug-likeness (QED) is 0.755. The third kappa shape index (κ3) is 3.82. The minimum atomic E-state index is -4.60. The first kappa shape index (κ1) is 18.2. The van der Waals surface area contributed by atoms with Gasteiger partial charge in [-0.15, -0.1) is 0 Å². The van der Waals surface area contributed by atoms with E-state index in [2.05, 4.69) is 0 Å². The second-order valence-corrected chi connectivity index (χ2v) is 7.25. The van der Waals surface area contributed by atoms with Gasteiger partial charge in [0.2, 0.25) is 5.91 Å². The number of nitrogens with zero attached hydrogens (tertiary/aromatic N) is 1. The fourth-order valence-electron chi connectivity index (χ4n) is 2.61. The summed E-state index contributed by atoms with van der Waals surface area (Å²) in [4.78, 5) is 13.0. The van der Waals surface area contributed by atoms with Crippen LogP contribution in [0.15, 0.2) is 53.4 Å². The number of alkyl halides is 3. The van der Waals surface area contributed by atoms with E-state index in [-0.39, 0.29) is 10.8 Å². The minimum Gasteiger partial charge on any atom is -0.379 e. The Kier molecular flexibility index (Phi) is 4.66. The van der Waals surface area contributed by atoms with Crippen LogP contribution in [-0.4, -0.2) is 20.9 Å². The van der Waals surface area contributed by atoms with Crippen molar-refractivity contribution in [1.29, 1.82) is 0 Å². The number of benzene rings is 2. The number of hydrogen-bond donors (Lipinski definition) is 0. The molecule has 1 heterocycles. The molecule has 1 fully saturated rings. The molecule has 0 aliphatic carbocycles. The Labute approximate surface area is 148 Å². The van der Waals surface area contributed by atoms with Gasteiger partial charge in [-0.25, -0.2) is 0 Å². The lowest BCUT2D eigenvalue weighted by molar-refractivity contribution is -0.137. The number of halogens is 3. The monoisotopic (exact) mass is 385 g/mol. The molecule has 0 unspecified atom stereocenters. The predicted molar refractivity (Wildman–Crippen MR) is 87.3 cm³/mol. The molecule has 0 radical (unpaired) electrons. The minimum absolute atomic E-state index is 0.0409. The van der Waals surface area contributed by atoms with Gasteiger partial charge in [0.15, 0.2) is 0 Å². The number of hydrogen-bond acceptors (Lipinski definition) is 4. The lowest BCUT2D eigenvalue weighted by atomic mass is 10.2. The first-order valence-electron chi connectivity index (χ1n) is 7.69. The van der Waals surface area contributed by atoms with Crippen molar-refractivity contribution in [2.75, 3.05) is 11.4 Å². The topological polar surface area (TPSA) is 63.7 Å². The number of amides is 1. The van der Waals surface area contributed by atoms with Gasteiger partial charge in [0.05, 0.1) is 5.56 Å². The fraction of sp³-hybridized carbons (Fsp3) is 0.235. The molecule has 3 rings (SSSR count). The fourth-order valence-corrected chi connectivity index (χ4v) is 3.54. The first-order valence-corrected chi connectivity index (χ1v) is 9.10. The van der Waals surface area contributed by atoms with E-state index in [1.807, 2.05) is 0 Å². The molecule has 138 valence electrons. The molecule has 0 aromatic heterocycles. The third-order valence-electron chi connectivity index (χ3n) is 3.88. The van der Waals surface area contributed by atoms with Crippen molar-refractivity contribution in [3.8, 4) is 5.75 Å². The summed E-state index contributed by atoms with van der Waals surface area (Å²) in [6.45, 7) is 0.561. The molecule has 0 bridgehead atoms. The van der Waals surface area contributed by atoms with E-state index in [1.54, 1.807) is 4.90 Å². The summed E-state index contributed by atoms with van der Waals surface area (Å²) < 4.78 is 67.5. The van der Waals surface area contributed by atoms with Crippen LogP contribution in [0.3, 0.4) is 0 Å². The highest BCUT2D eigenvalue weighted by molar-refractivity contribution is 7.87. The Hall–Kier alpha value is -2.55. The van der Waals surface area contributed by atoms with E-state index in [9.17, 15) is 26.4 Å². The Morgan fingerprint density at radius 2 is 1.73 bits per heavy atom. The summed E-state index contributed by atoms with van der Waals surface area (Å²) >= 11 is 0. The average Bonchev–Trinajstić information content (AvgIpc) is 3.00. The van der Waals surface area contributed by atoms with Crippen molar-refractivity contribution in [3.05, 3.63) is 54.1 Å². The van der Waals surface area contributed by atoms with Crippen LogP contribution >= 0.6 is 0 Å². The molecule has 1 amide bonds. The van der Waals surface area contributed by atoms with Crippen molar-refractivity contribution < 1.29 is 30.6 Å². The number of carbonyl (C=O) groups is 1. The predicted octanol–water partition coefficient (Wildman–Crippen LogP) is 3.60. The van der Waals surface area contributed by atoms with E-state index < -0.39 is 27.6 Å². The van der Waals surface area contributed by atoms with Crippen molar-refractivity contribution in [1.82, 2.24) is 0 Å². The van der Waals surface area contributed by atoms with Gasteiger partial charge >= 0.3 is 16.3 Å². The molecular weight excluding hydrogens is 371 g/mol. The van der Waals surface area contributed by atoms with Crippen molar-refractivity contribution in [3.63, 3.8) is 0 Å². The lowest BCUT2D eigenvalue weighted by Gasteiger charge is -2.16. The highest BCUT2D eigenvalue weighted by Crippen LogP contribution is 2.32.